The molecular weight excluding hydrogens is 270 g/mol. The maximum Gasteiger partial charge on any atom is 0.192 e. The number of rotatable bonds is 4. The lowest BCUT2D eigenvalue weighted by Crippen LogP contribution is -2.23. The van der Waals surface area contributed by atoms with Crippen LogP contribution in [0.2, 0.25) is 0 Å². The second-order valence-corrected chi connectivity index (χ2v) is 4.51. The van der Waals surface area contributed by atoms with Crippen LogP contribution in [0.1, 0.15) is 11.3 Å². The number of nitrogens with two attached hydrogens (primary N) is 1. The summed E-state index contributed by atoms with van der Waals surface area (Å²) in [5.41, 5.74) is 6.77. The van der Waals surface area contributed by atoms with Crippen molar-refractivity contribution in [1.29, 1.82) is 5.41 Å². The summed E-state index contributed by atoms with van der Waals surface area (Å²) in [6.45, 7) is 1.80. The van der Waals surface area contributed by atoms with Crippen LogP contribution in [0.25, 0.3) is 5.69 Å². The Morgan fingerprint density at radius 3 is 2.52 bits per heavy atom. The molecule has 21 heavy (non-hydrogen) atoms. The maximum atomic E-state index is 11.8. The van der Waals surface area contributed by atoms with Crippen LogP contribution in [0.5, 0.6) is 11.5 Å². The highest BCUT2D eigenvalue weighted by Gasteiger charge is 2.12. The maximum absolute atomic E-state index is 11.8. The molecule has 0 spiro atoms. The van der Waals surface area contributed by atoms with Crippen molar-refractivity contribution in [2.75, 3.05) is 14.2 Å². The van der Waals surface area contributed by atoms with Crippen LogP contribution in [-0.2, 0) is 0 Å². The molecule has 0 amide bonds. The predicted octanol–water partition coefficient (Wildman–Crippen LogP) is 1.45. The predicted molar refractivity (Wildman–Crippen MR) is 80.9 cm³/mol. The van der Waals surface area contributed by atoms with Gasteiger partial charge in [0, 0.05) is 24.0 Å². The summed E-state index contributed by atoms with van der Waals surface area (Å²) >= 11 is 0. The number of hydrogen-bond acceptors (Lipinski definition) is 4. The lowest BCUT2D eigenvalue weighted by molar-refractivity contribution is 0.393. The number of aromatic nitrogens is 1. The first-order valence-electron chi connectivity index (χ1n) is 6.28. The topological polar surface area (TPSA) is 90.3 Å². The Morgan fingerprint density at radius 1 is 1.24 bits per heavy atom. The van der Waals surface area contributed by atoms with E-state index in [0.717, 1.165) is 5.69 Å². The number of amidine groups is 1. The molecule has 110 valence electrons. The van der Waals surface area contributed by atoms with Gasteiger partial charge in [-0.3, -0.25) is 10.2 Å². The van der Waals surface area contributed by atoms with Crippen LogP contribution in [-0.4, -0.2) is 24.6 Å². The molecule has 0 fully saturated rings. The first-order valence-corrected chi connectivity index (χ1v) is 6.28. The molecule has 1 heterocycles. The van der Waals surface area contributed by atoms with Gasteiger partial charge in [0.15, 0.2) is 5.43 Å². The zero-order valence-corrected chi connectivity index (χ0v) is 12.1. The van der Waals surface area contributed by atoms with E-state index < -0.39 is 0 Å². The highest BCUT2D eigenvalue weighted by molar-refractivity contribution is 5.94. The summed E-state index contributed by atoms with van der Waals surface area (Å²) in [4.78, 5) is 11.8. The van der Waals surface area contributed by atoms with Gasteiger partial charge in [-0.15, -0.1) is 0 Å². The summed E-state index contributed by atoms with van der Waals surface area (Å²) < 4.78 is 12.3. The van der Waals surface area contributed by atoms with Gasteiger partial charge in [-0.2, -0.15) is 0 Å². The molecule has 0 unspecified atom stereocenters. The molecule has 1 aromatic carbocycles. The highest BCUT2D eigenvalue weighted by atomic mass is 16.5. The Bertz CT molecular complexity index is 750. The third-order valence-electron chi connectivity index (χ3n) is 3.18. The van der Waals surface area contributed by atoms with Crippen molar-refractivity contribution in [1.82, 2.24) is 4.57 Å². The standard InChI is InChI=1S/C15H17N3O3/c1-9-6-13(19)11(15(16)17)8-18(9)12-5-4-10(20-2)7-14(12)21-3/h4-8H,1-3H3,(H3,16,17). The Balaban J connectivity index is 2.69. The molecule has 0 aliphatic rings. The largest absolute Gasteiger partial charge is 0.497 e. The van der Waals surface area contributed by atoms with Gasteiger partial charge >= 0.3 is 0 Å². The Labute approximate surface area is 122 Å². The number of nitrogens with zero attached hydrogens (tertiary/aromatic N) is 1. The monoisotopic (exact) mass is 287 g/mol. The molecule has 0 radical (unpaired) electrons. The lowest BCUT2D eigenvalue weighted by Gasteiger charge is -2.16. The third kappa shape index (κ3) is 2.74. The van der Waals surface area contributed by atoms with E-state index in [1.165, 1.54) is 6.07 Å². The van der Waals surface area contributed by atoms with Gasteiger partial charge in [0.1, 0.15) is 17.3 Å². The molecule has 3 N–H and O–H groups in total. The van der Waals surface area contributed by atoms with Gasteiger partial charge in [0.05, 0.1) is 25.5 Å². The minimum atomic E-state index is -0.274. The molecule has 2 aromatic rings. The van der Waals surface area contributed by atoms with Crippen LogP contribution >= 0.6 is 0 Å². The third-order valence-corrected chi connectivity index (χ3v) is 3.18. The van der Waals surface area contributed by atoms with Gasteiger partial charge in [-0.1, -0.05) is 0 Å². The van der Waals surface area contributed by atoms with Crippen molar-refractivity contribution in [3.63, 3.8) is 0 Å². The SMILES string of the molecule is COc1ccc(-n2cc(C(=N)N)c(=O)cc2C)c(OC)c1. The summed E-state index contributed by atoms with van der Waals surface area (Å²) in [5.74, 6) is 0.998. The van der Waals surface area contributed by atoms with Crippen molar-refractivity contribution >= 4 is 5.84 Å². The first-order chi connectivity index (χ1) is 9.97. The Hall–Kier alpha value is -2.76. The number of benzene rings is 1. The summed E-state index contributed by atoms with van der Waals surface area (Å²) in [6, 6.07) is 6.81. The fourth-order valence-corrected chi connectivity index (χ4v) is 2.08. The summed E-state index contributed by atoms with van der Waals surface area (Å²) in [7, 11) is 3.13. The second-order valence-electron chi connectivity index (χ2n) is 4.51. The Kier molecular flexibility index (Phi) is 3.98. The average molecular weight is 287 g/mol. The lowest BCUT2D eigenvalue weighted by atomic mass is 10.2. The smallest absolute Gasteiger partial charge is 0.192 e. The van der Waals surface area contributed by atoms with E-state index in [9.17, 15) is 4.79 Å². The minimum absolute atomic E-state index is 0.151. The molecular formula is C15H17N3O3. The van der Waals surface area contributed by atoms with E-state index in [-0.39, 0.29) is 16.8 Å². The molecule has 0 aliphatic carbocycles. The van der Waals surface area contributed by atoms with Crippen LogP contribution in [0.4, 0.5) is 0 Å². The number of ether oxygens (including phenoxy) is 2. The molecule has 6 nitrogen and oxygen atoms in total. The number of aryl methyl sites for hydroxylation is 1. The second kappa shape index (κ2) is 5.70. The molecule has 1 aromatic heterocycles. The number of nitrogen functional groups attached to an aromatic ring is 1. The average Bonchev–Trinajstić information content (AvgIpc) is 2.46. The quantitative estimate of drug-likeness (QED) is 0.657. The van der Waals surface area contributed by atoms with E-state index in [1.54, 1.807) is 44.0 Å². The van der Waals surface area contributed by atoms with Crippen molar-refractivity contribution in [3.05, 3.63) is 51.9 Å². The van der Waals surface area contributed by atoms with Gasteiger partial charge in [0.25, 0.3) is 0 Å². The van der Waals surface area contributed by atoms with E-state index in [2.05, 4.69) is 0 Å². The van der Waals surface area contributed by atoms with E-state index in [1.807, 2.05) is 6.07 Å². The normalized spacial score (nSPS) is 10.2. The van der Waals surface area contributed by atoms with E-state index in [4.69, 9.17) is 20.6 Å². The molecule has 0 atom stereocenters. The summed E-state index contributed by atoms with van der Waals surface area (Å²) in [6.07, 6.45) is 1.55. The van der Waals surface area contributed by atoms with Crippen LogP contribution in [0, 0.1) is 12.3 Å². The molecule has 6 heteroatoms. The van der Waals surface area contributed by atoms with Crippen molar-refractivity contribution in [2.45, 2.75) is 6.92 Å². The highest BCUT2D eigenvalue weighted by Crippen LogP contribution is 2.28. The Morgan fingerprint density at radius 2 is 1.95 bits per heavy atom. The summed E-state index contributed by atoms with van der Waals surface area (Å²) in [5, 5.41) is 7.48. The van der Waals surface area contributed by atoms with Crippen molar-refractivity contribution in [3.8, 4) is 17.2 Å². The van der Waals surface area contributed by atoms with Crippen molar-refractivity contribution < 1.29 is 9.47 Å². The first kappa shape index (κ1) is 14.6. The van der Waals surface area contributed by atoms with Gasteiger partial charge in [-0.25, -0.2) is 0 Å². The van der Waals surface area contributed by atoms with Gasteiger partial charge < -0.3 is 19.8 Å². The zero-order valence-electron chi connectivity index (χ0n) is 12.1. The van der Waals surface area contributed by atoms with Crippen molar-refractivity contribution in [2.24, 2.45) is 5.73 Å². The van der Waals surface area contributed by atoms with E-state index >= 15 is 0 Å². The molecule has 0 saturated heterocycles. The molecule has 0 aliphatic heterocycles. The molecule has 2 rings (SSSR count). The number of pyridine rings is 1. The van der Waals surface area contributed by atoms with Gasteiger partial charge in [0.2, 0.25) is 0 Å². The number of nitrogens with one attached hydrogen (secondary N) is 1. The van der Waals surface area contributed by atoms with Crippen LogP contribution in [0.15, 0.2) is 35.3 Å². The zero-order chi connectivity index (χ0) is 15.6. The fraction of sp³-hybridized carbons (Fsp3) is 0.200. The van der Waals surface area contributed by atoms with Gasteiger partial charge in [-0.05, 0) is 19.1 Å². The van der Waals surface area contributed by atoms with Crippen LogP contribution < -0.4 is 20.6 Å². The van der Waals surface area contributed by atoms with Crippen LogP contribution in [0.3, 0.4) is 0 Å². The molecule has 0 bridgehead atoms. The number of hydrogen-bond donors (Lipinski definition) is 2. The number of methoxy groups -OCH3 is 2. The minimum Gasteiger partial charge on any atom is -0.497 e. The fourth-order valence-electron chi connectivity index (χ4n) is 2.08. The molecule has 0 saturated carbocycles. The van der Waals surface area contributed by atoms with E-state index in [0.29, 0.717) is 17.2 Å².